The number of amides is 2. The van der Waals surface area contributed by atoms with Gasteiger partial charge in [-0.15, -0.1) is 0 Å². The van der Waals surface area contributed by atoms with Crippen molar-refractivity contribution < 1.29 is 14.7 Å². The van der Waals surface area contributed by atoms with Crippen molar-refractivity contribution in [2.45, 2.75) is 69.1 Å². The van der Waals surface area contributed by atoms with E-state index in [0.29, 0.717) is 12.2 Å². The maximum absolute atomic E-state index is 13.5. The fourth-order valence-corrected chi connectivity index (χ4v) is 4.91. The minimum atomic E-state index is -0.684. The van der Waals surface area contributed by atoms with Crippen molar-refractivity contribution in [2.75, 3.05) is 13.1 Å². The normalized spacial score (nSPS) is 33.2. The summed E-state index contributed by atoms with van der Waals surface area (Å²) in [5, 5.41) is 9.75. The van der Waals surface area contributed by atoms with E-state index in [0.717, 1.165) is 57.9 Å². The van der Waals surface area contributed by atoms with Crippen LogP contribution in [0, 0.1) is 0 Å². The maximum atomic E-state index is 13.5. The number of aromatic amines is 1. The van der Waals surface area contributed by atoms with Gasteiger partial charge in [0, 0.05) is 19.1 Å². The molecule has 1 atom stereocenters. The predicted molar refractivity (Wildman–Crippen MR) is 90.8 cm³/mol. The average Bonchev–Trinajstić information content (AvgIpc) is 3.29. The lowest BCUT2D eigenvalue weighted by Gasteiger charge is -2.48. The third-order valence-electron chi connectivity index (χ3n) is 6.22. The highest BCUT2D eigenvalue weighted by Gasteiger charge is 2.54. The van der Waals surface area contributed by atoms with Crippen LogP contribution in [0.15, 0.2) is 12.5 Å². The minimum Gasteiger partial charge on any atom is -0.393 e. The fourth-order valence-electron chi connectivity index (χ4n) is 4.91. The summed E-state index contributed by atoms with van der Waals surface area (Å²) < 4.78 is 0. The van der Waals surface area contributed by atoms with Crippen molar-refractivity contribution in [3.8, 4) is 0 Å². The van der Waals surface area contributed by atoms with Crippen LogP contribution in [0.2, 0.25) is 0 Å². The lowest BCUT2D eigenvalue weighted by molar-refractivity contribution is -0.149. The molecule has 3 heterocycles. The first-order chi connectivity index (χ1) is 12.1. The largest absolute Gasteiger partial charge is 0.393 e. The van der Waals surface area contributed by atoms with Gasteiger partial charge in [-0.05, 0) is 51.4 Å². The van der Waals surface area contributed by atoms with Crippen LogP contribution in [0.1, 0.15) is 61.9 Å². The minimum absolute atomic E-state index is 0.116. The first kappa shape index (κ1) is 16.6. The van der Waals surface area contributed by atoms with Crippen molar-refractivity contribution >= 4 is 11.8 Å². The third-order valence-corrected chi connectivity index (χ3v) is 6.22. The Hall–Kier alpha value is -1.89. The number of nitrogens with one attached hydrogen (secondary N) is 1. The highest BCUT2D eigenvalue weighted by molar-refractivity contribution is 5.98. The fraction of sp³-hybridized carbons (Fsp3) is 0.722. The van der Waals surface area contributed by atoms with Crippen LogP contribution in [-0.2, 0) is 4.79 Å². The predicted octanol–water partition coefficient (Wildman–Crippen LogP) is 1.31. The molecule has 0 radical (unpaired) electrons. The number of hydrogen-bond donors (Lipinski definition) is 2. The molecule has 0 aromatic carbocycles. The quantitative estimate of drug-likeness (QED) is 0.845. The number of piperidine rings is 1. The number of carbonyl (C=O) groups is 2. The molecular weight excluding hydrogens is 320 g/mol. The number of rotatable bonds is 2. The zero-order valence-corrected chi connectivity index (χ0v) is 14.5. The second kappa shape index (κ2) is 6.44. The van der Waals surface area contributed by atoms with Crippen LogP contribution in [0.25, 0.3) is 0 Å². The molecule has 2 saturated heterocycles. The summed E-state index contributed by atoms with van der Waals surface area (Å²) >= 11 is 0. The van der Waals surface area contributed by atoms with Gasteiger partial charge in [0.25, 0.3) is 5.91 Å². The van der Waals surface area contributed by atoms with Gasteiger partial charge >= 0.3 is 0 Å². The molecule has 1 unspecified atom stereocenters. The van der Waals surface area contributed by atoms with Gasteiger partial charge in [-0.1, -0.05) is 0 Å². The van der Waals surface area contributed by atoms with E-state index in [9.17, 15) is 14.7 Å². The van der Waals surface area contributed by atoms with Gasteiger partial charge in [-0.25, -0.2) is 4.98 Å². The van der Waals surface area contributed by atoms with Crippen LogP contribution in [0.4, 0.5) is 0 Å². The van der Waals surface area contributed by atoms with E-state index >= 15 is 0 Å². The number of nitrogens with zero attached hydrogens (tertiary/aromatic N) is 3. The number of H-pyrrole nitrogens is 1. The van der Waals surface area contributed by atoms with Gasteiger partial charge in [0.15, 0.2) is 0 Å². The van der Waals surface area contributed by atoms with E-state index in [2.05, 4.69) is 9.97 Å². The highest BCUT2D eigenvalue weighted by Crippen LogP contribution is 2.40. The van der Waals surface area contributed by atoms with Crippen molar-refractivity contribution in [2.24, 2.45) is 0 Å². The summed E-state index contributed by atoms with van der Waals surface area (Å²) in [6, 6.07) is 0.206. The zero-order valence-electron chi connectivity index (χ0n) is 14.5. The molecule has 3 aliphatic rings. The molecule has 3 fully saturated rings. The number of hydrogen-bond acceptors (Lipinski definition) is 4. The van der Waals surface area contributed by atoms with E-state index in [4.69, 9.17) is 0 Å². The first-order valence-corrected chi connectivity index (χ1v) is 9.41. The molecule has 2 N–H and O–H groups in total. The van der Waals surface area contributed by atoms with E-state index < -0.39 is 5.54 Å². The zero-order chi connectivity index (χ0) is 17.4. The van der Waals surface area contributed by atoms with E-state index in [1.165, 1.54) is 12.5 Å². The summed E-state index contributed by atoms with van der Waals surface area (Å²) in [4.78, 5) is 37.0. The number of carbonyl (C=O) groups excluding carboxylic acids is 2. The highest BCUT2D eigenvalue weighted by atomic mass is 16.3. The smallest absolute Gasteiger partial charge is 0.272 e. The van der Waals surface area contributed by atoms with Crippen molar-refractivity contribution in [1.82, 2.24) is 19.8 Å². The summed E-state index contributed by atoms with van der Waals surface area (Å²) in [7, 11) is 0. The standard InChI is InChI=1S/C18H26N4O3/c23-14-5-3-13(4-6-14)21-9-1-7-18(17(21)25)8-2-10-22(18)16(24)15-11-19-12-20-15/h11-14,23H,1-10H2,(H,19,20). The Balaban J connectivity index is 1.57. The van der Waals surface area contributed by atoms with Crippen LogP contribution < -0.4 is 0 Å². The molecule has 7 heteroatoms. The van der Waals surface area contributed by atoms with E-state index in [1.807, 2.05) is 4.90 Å². The van der Waals surface area contributed by atoms with Crippen LogP contribution >= 0.6 is 0 Å². The van der Waals surface area contributed by atoms with Gasteiger partial charge in [-0.3, -0.25) is 9.59 Å². The Kier molecular flexibility index (Phi) is 4.27. The lowest BCUT2D eigenvalue weighted by atomic mass is 9.82. The number of aromatic nitrogens is 2. The van der Waals surface area contributed by atoms with E-state index in [1.54, 1.807) is 4.90 Å². The Labute approximate surface area is 147 Å². The number of aliphatic hydroxyl groups excluding tert-OH is 1. The van der Waals surface area contributed by atoms with Gasteiger partial charge in [0.2, 0.25) is 5.91 Å². The van der Waals surface area contributed by atoms with Gasteiger partial charge < -0.3 is 19.9 Å². The van der Waals surface area contributed by atoms with Crippen molar-refractivity contribution in [3.63, 3.8) is 0 Å². The van der Waals surface area contributed by atoms with Crippen molar-refractivity contribution in [3.05, 3.63) is 18.2 Å². The Bertz CT molecular complexity index is 639. The Morgan fingerprint density at radius 2 is 1.92 bits per heavy atom. The monoisotopic (exact) mass is 346 g/mol. The van der Waals surface area contributed by atoms with Crippen LogP contribution in [0.3, 0.4) is 0 Å². The van der Waals surface area contributed by atoms with Gasteiger partial charge in [0.05, 0.1) is 18.6 Å². The summed E-state index contributed by atoms with van der Waals surface area (Å²) in [5.41, 5.74) is -0.233. The second-order valence-electron chi connectivity index (χ2n) is 7.62. The SMILES string of the molecule is O=C(c1cnc[nH]1)N1CCCC12CCCN(C1CCC(O)CC1)C2=O. The summed E-state index contributed by atoms with van der Waals surface area (Å²) in [6.07, 6.45) is 9.33. The molecule has 7 nitrogen and oxygen atoms in total. The molecule has 0 bridgehead atoms. The Morgan fingerprint density at radius 1 is 1.20 bits per heavy atom. The first-order valence-electron chi connectivity index (χ1n) is 9.41. The molecule has 1 aromatic heterocycles. The van der Waals surface area contributed by atoms with Gasteiger partial charge in [-0.2, -0.15) is 0 Å². The molecule has 1 aliphatic carbocycles. The maximum Gasteiger partial charge on any atom is 0.272 e. The topological polar surface area (TPSA) is 89.5 Å². The molecule has 1 aromatic rings. The molecular formula is C18H26N4O3. The summed E-state index contributed by atoms with van der Waals surface area (Å²) in [6.45, 7) is 1.40. The molecule has 4 rings (SSSR count). The summed E-state index contributed by atoms with van der Waals surface area (Å²) in [5.74, 6) is -0.00484. The number of aliphatic hydroxyl groups is 1. The molecule has 2 aliphatic heterocycles. The second-order valence-corrected chi connectivity index (χ2v) is 7.62. The molecule has 2 amide bonds. The third kappa shape index (κ3) is 2.74. The van der Waals surface area contributed by atoms with Crippen molar-refractivity contribution in [1.29, 1.82) is 0 Å². The molecule has 1 saturated carbocycles. The molecule has 1 spiro atoms. The lowest BCUT2D eigenvalue weighted by Crippen LogP contribution is -2.63. The number of likely N-dealkylation sites (tertiary alicyclic amines) is 2. The van der Waals surface area contributed by atoms with E-state index in [-0.39, 0.29) is 24.0 Å². The average molecular weight is 346 g/mol. The van der Waals surface area contributed by atoms with Crippen LogP contribution in [0.5, 0.6) is 0 Å². The van der Waals surface area contributed by atoms with Crippen LogP contribution in [-0.4, -0.2) is 67.5 Å². The Morgan fingerprint density at radius 3 is 2.60 bits per heavy atom. The number of imidazole rings is 1. The van der Waals surface area contributed by atoms with Gasteiger partial charge in [0.1, 0.15) is 11.2 Å². The molecule has 25 heavy (non-hydrogen) atoms. The molecule has 136 valence electrons.